The maximum Gasteiger partial charge on any atom is 0.226 e. The molecular weight excluding hydrogens is 328 g/mol. The van der Waals surface area contributed by atoms with Gasteiger partial charge in [0.25, 0.3) is 0 Å². The number of rotatable bonds is 7. The van der Waals surface area contributed by atoms with E-state index in [0.717, 1.165) is 5.01 Å². The van der Waals surface area contributed by atoms with Gasteiger partial charge in [-0.25, -0.2) is 0 Å². The number of carbonyl (C=O) groups excluding carboxylic acids is 2. The highest BCUT2D eigenvalue weighted by atomic mass is 32.1. The molecule has 0 aliphatic heterocycles. The van der Waals surface area contributed by atoms with Crippen LogP contribution in [0, 0.1) is 0 Å². The van der Waals surface area contributed by atoms with E-state index in [1.807, 2.05) is 13.8 Å². The lowest BCUT2D eigenvalue weighted by molar-refractivity contribution is -0.121. The fourth-order valence-corrected chi connectivity index (χ4v) is 2.61. The lowest BCUT2D eigenvalue weighted by Crippen LogP contribution is -2.17. The molecule has 0 aliphatic rings. The van der Waals surface area contributed by atoms with Gasteiger partial charge in [-0.15, -0.1) is 10.2 Å². The molecule has 0 bridgehead atoms. The lowest BCUT2D eigenvalue weighted by Gasteiger charge is -2.06. The average Bonchev–Trinajstić information content (AvgIpc) is 3.02. The second kappa shape index (κ2) is 8.39. The number of ether oxygens (including phenoxy) is 1. The number of methoxy groups -OCH3 is 1. The fraction of sp³-hybridized carbons (Fsp3) is 0.375. The highest BCUT2D eigenvalue weighted by Gasteiger charge is 2.12. The van der Waals surface area contributed by atoms with Gasteiger partial charge in [-0.2, -0.15) is 0 Å². The Morgan fingerprint density at radius 3 is 2.50 bits per heavy atom. The Morgan fingerprint density at radius 2 is 1.88 bits per heavy atom. The third-order valence-corrected chi connectivity index (χ3v) is 4.25. The van der Waals surface area contributed by atoms with E-state index < -0.39 is 0 Å². The average molecular weight is 348 g/mol. The molecule has 128 valence electrons. The topological polar surface area (TPSA) is 93.2 Å². The van der Waals surface area contributed by atoms with Crippen LogP contribution in [0.2, 0.25) is 0 Å². The summed E-state index contributed by atoms with van der Waals surface area (Å²) in [7, 11) is 1.56. The van der Waals surface area contributed by atoms with Crippen LogP contribution < -0.4 is 15.4 Å². The number of nitrogens with zero attached hydrogens (tertiary/aromatic N) is 2. The van der Waals surface area contributed by atoms with Crippen LogP contribution in [0.4, 0.5) is 10.8 Å². The minimum absolute atomic E-state index is 0.0758. The maximum atomic E-state index is 11.9. The normalized spacial score (nSPS) is 10.5. The summed E-state index contributed by atoms with van der Waals surface area (Å²) in [6.07, 6.45) is 0.158. The third kappa shape index (κ3) is 5.31. The fourth-order valence-electron chi connectivity index (χ4n) is 1.85. The molecule has 2 aromatic rings. The van der Waals surface area contributed by atoms with Crippen molar-refractivity contribution in [2.75, 3.05) is 17.7 Å². The van der Waals surface area contributed by atoms with Gasteiger partial charge < -0.3 is 15.4 Å². The maximum absolute atomic E-state index is 11.9. The van der Waals surface area contributed by atoms with Crippen LogP contribution in [0.15, 0.2) is 24.3 Å². The second-order valence-electron chi connectivity index (χ2n) is 5.43. The van der Waals surface area contributed by atoms with Crippen LogP contribution in [-0.4, -0.2) is 29.1 Å². The van der Waals surface area contributed by atoms with Crippen molar-refractivity contribution in [3.63, 3.8) is 0 Å². The molecule has 0 atom stereocenters. The third-order valence-electron chi connectivity index (χ3n) is 3.11. The Kier molecular flexibility index (Phi) is 6.25. The molecule has 2 amide bonds. The molecule has 1 aromatic heterocycles. The lowest BCUT2D eigenvalue weighted by atomic mass is 10.2. The monoisotopic (exact) mass is 348 g/mol. The summed E-state index contributed by atoms with van der Waals surface area (Å²) in [5.74, 6) is 0.422. The number of benzene rings is 1. The Bertz CT molecular complexity index is 715. The summed E-state index contributed by atoms with van der Waals surface area (Å²) in [6, 6.07) is 7.04. The molecule has 0 spiro atoms. The minimum atomic E-state index is -0.262. The SMILES string of the molecule is COc1cccc(NC(=O)CCC(=O)Nc2nnc(C(C)C)s2)c1. The van der Waals surface area contributed by atoms with Gasteiger partial charge in [-0.05, 0) is 12.1 Å². The predicted molar refractivity (Wildman–Crippen MR) is 93.5 cm³/mol. The molecule has 2 rings (SSSR count). The molecular formula is C16H20N4O3S. The number of aromatic nitrogens is 2. The molecule has 2 N–H and O–H groups in total. The van der Waals surface area contributed by atoms with E-state index in [1.54, 1.807) is 31.4 Å². The van der Waals surface area contributed by atoms with Crippen LogP contribution in [0.5, 0.6) is 5.75 Å². The van der Waals surface area contributed by atoms with Crippen molar-refractivity contribution in [1.82, 2.24) is 10.2 Å². The second-order valence-corrected chi connectivity index (χ2v) is 6.44. The van der Waals surface area contributed by atoms with E-state index in [2.05, 4.69) is 20.8 Å². The zero-order chi connectivity index (χ0) is 17.5. The first-order valence-electron chi connectivity index (χ1n) is 7.55. The quantitative estimate of drug-likeness (QED) is 0.802. The molecule has 7 nitrogen and oxygen atoms in total. The number of amides is 2. The zero-order valence-corrected chi connectivity index (χ0v) is 14.6. The van der Waals surface area contributed by atoms with Gasteiger partial charge >= 0.3 is 0 Å². The molecule has 0 aliphatic carbocycles. The molecule has 24 heavy (non-hydrogen) atoms. The van der Waals surface area contributed by atoms with E-state index in [0.29, 0.717) is 16.6 Å². The van der Waals surface area contributed by atoms with E-state index in [4.69, 9.17) is 4.74 Å². The van der Waals surface area contributed by atoms with E-state index >= 15 is 0 Å². The molecule has 8 heteroatoms. The van der Waals surface area contributed by atoms with Gasteiger partial charge in [0.1, 0.15) is 10.8 Å². The van der Waals surface area contributed by atoms with Gasteiger partial charge in [0.05, 0.1) is 7.11 Å². The first-order chi connectivity index (χ1) is 11.5. The molecule has 0 saturated carbocycles. The van der Waals surface area contributed by atoms with Crippen molar-refractivity contribution in [1.29, 1.82) is 0 Å². The molecule has 1 aromatic carbocycles. The van der Waals surface area contributed by atoms with Crippen molar-refractivity contribution in [3.05, 3.63) is 29.3 Å². The van der Waals surface area contributed by atoms with Crippen LogP contribution >= 0.6 is 11.3 Å². The predicted octanol–water partition coefficient (Wildman–Crippen LogP) is 3.03. The number of anilines is 2. The van der Waals surface area contributed by atoms with Gasteiger partial charge in [0, 0.05) is 30.5 Å². The van der Waals surface area contributed by atoms with Crippen molar-refractivity contribution < 1.29 is 14.3 Å². The standard InChI is InChI=1S/C16H20N4O3S/c1-10(2)15-19-20-16(24-15)18-14(22)8-7-13(21)17-11-5-4-6-12(9-11)23-3/h4-6,9-10H,7-8H2,1-3H3,(H,17,21)(H,18,20,22). The van der Waals surface area contributed by atoms with Gasteiger partial charge in [0.2, 0.25) is 16.9 Å². The summed E-state index contributed by atoms with van der Waals surface area (Å²) in [4.78, 5) is 23.8. The molecule has 0 fully saturated rings. The summed E-state index contributed by atoms with van der Waals surface area (Å²) in [5.41, 5.74) is 0.630. The summed E-state index contributed by atoms with van der Waals surface area (Å²) < 4.78 is 5.09. The van der Waals surface area contributed by atoms with Crippen LogP contribution in [0.25, 0.3) is 0 Å². The van der Waals surface area contributed by atoms with Crippen molar-refractivity contribution in [2.24, 2.45) is 0 Å². The van der Waals surface area contributed by atoms with Crippen LogP contribution in [0.3, 0.4) is 0 Å². The van der Waals surface area contributed by atoms with E-state index in [1.165, 1.54) is 11.3 Å². The number of hydrogen-bond acceptors (Lipinski definition) is 6. The van der Waals surface area contributed by atoms with Crippen molar-refractivity contribution in [3.8, 4) is 5.75 Å². The number of carbonyl (C=O) groups is 2. The molecule has 1 heterocycles. The minimum Gasteiger partial charge on any atom is -0.497 e. The van der Waals surface area contributed by atoms with Gasteiger partial charge in [-0.3, -0.25) is 9.59 Å². The number of nitrogens with one attached hydrogen (secondary N) is 2. The van der Waals surface area contributed by atoms with Crippen molar-refractivity contribution >= 4 is 34.0 Å². The Balaban J connectivity index is 1.79. The highest BCUT2D eigenvalue weighted by molar-refractivity contribution is 7.15. The highest BCUT2D eigenvalue weighted by Crippen LogP contribution is 2.22. The smallest absolute Gasteiger partial charge is 0.226 e. The Hall–Kier alpha value is -2.48. The van der Waals surface area contributed by atoms with E-state index in [-0.39, 0.29) is 30.6 Å². The first-order valence-corrected chi connectivity index (χ1v) is 8.36. The van der Waals surface area contributed by atoms with Gasteiger partial charge in [-0.1, -0.05) is 31.3 Å². The zero-order valence-electron chi connectivity index (χ0n) is 13.8. The Labute approximate surface area is 144 Å². The molecule has 0 unspecified atom stereocenters. The first kappa shape index (κ1) is 17.9. The van der Waals surface area contributed by atoms with E-state index in [9.17, 15) is 9.59 Å². The summed E-state index contributed by atoms with van der Waals surface area (Å²) in [6.45, 7) is 4.02. The van der Waals surface area contributed by atoms with Crippen molar-refractivity contribution in [2.45, 2.75) is 32.6 Å². The van der Waals surface area contributed by atoms with Crippen LogP contribution in [0.1, 0.15) is 37.6 Å². The van der Waals surface area contributed by atoms with Crippen LogP contribution in [-0.2, 0) is 9.59 Å². The summed E-state index contributed by atoms with van der Waals surface area (Å²) >= 11 is 1.34. The molecule has 0 radical (unpaired) electrons. The summed E-state index contributed by atoms with van der Waals surface area (Å²) in [5, 5.41) is 14.6. The molecule has 0 saturated heterocycles. The number of hydrogen-bond donors (Lipinski definition) is 2. The largest absolute Gasteiger partial charge is 0.497 e. The van der Waals surface area contributed by atoms with Gasteiger partial charge in [0.15, 0.2) is 0 Å². The Morgan fingerprint density at radius 1 is 1.17 bits per heavy atom.